The number of aliphatic hydroxyl groups is 1. The lowest BCUT2D eigenvalue weighted by Crippen LogP contribution is -2.48. The lowest BCUT2D eigenvalue weighted by Gasteiger charge is -2.33. The number of hydrogen-bond donors (Lipinski definition) is 1. The minimum absolute atomic E-state index is 0.0323. The van der Waals surface area contributed by atoms with Crippen LogP contribution >= 0.6 is 11.6 Å². The maximum absolute atomic E-state index is 13.0. The average Bonchev–Trinajstić information content (AvgIpc) is 2.96. The van der Waals surface area contributed by atoms with Crippen LogP contribution in [-0.2, 0) is 19.0 Å². The predicted molar refractivity (Wildman–Crippen MR) is 165 cm³/mol. The molecule has 10 heteroatoms. The quantitative estimate of drug-likeness (QED) is 0.394. The molecule has 2 saturated heterocycles. The maximum Gasteiger partial charge on any atom is 0.410 e. The molecule has 3 aliphatic rings. The highest BCUT2D eigenvalue weighted by Crippen LogP contribution is 2.28. The number of carbonyl (C=O) groups excluding carboxylic acids is 2. The Bertz CT molecular complexity index is 1130. The highest BCUT2D eigenvalue weighted by molar-refractivity contribution is 6.31. The zero-order chi connectivity index (χ0) is 30.2. The van der Waals surface area contributed by atoms with E-state index in [1.165, 1.54) is 0 Å². The van der Waals surface area contributed by atoms with Gasteiger partial charge in [-0.2, -0.15) is 0 Å². The molecular formula is C32H46ClN3O6. The Labute approximate surface area is 255 Å². The number of likely N-dealkylation sites (N-methyl/N-ethyl adjacent to an activating group) is 1. The Kier molecular flexibility index (Phi) is 11.7. The van der Waals surface area contributed by atoms with Crippen molar-refractivity contribution in [2.45, 2.75) is 58.3 Å². The van der Waals surface area contributed by atoms with E-state index < -0.39 is 24.3 Å². The maximum atomic E-state index is 13.0. The van der Waals surface area contributed by atoms with Crippen LogP contribution < -0.4 is 4.90 Å². The van der Waals surface area contributed by atoms with Crippen molar-refractivity contribution < 1.29 is 28.9 Å². The molecule has 1 aromatic rings. The Hall–Kier alpha value is -2.59. The lowest BCUT2D eigenvalue weighted by molar-refractivity contribution is -0.151. The van der Waals surface area contributed by atoms with Gasteiger partial charge >= 0.3 is 12.1 Å². The van der Waals surface area contributed by atoms with Crippen LogP contribution in [0.3, 0.4) is 0 Å². The summed E-state index contributed by atoms with van der Waals surface area (Å²) >= 11 is 6.50. The molecule has 42 heavy (non-hydrogen) atoms. The van der Waals surface area contributed by atoms with Crippen LogP contribution in [0.5, 0.6) is 0 Å². The Morgan fingerprint density at radius 3 is 2.48 bits per heavy atom. The van der Waals surface area contributed by atoms with Gasteiger partial charge in [0.15, 0.2) is 0 Å². The molecule has 0 unspecified atom stereocenters. The Morgan fingerprint density at radius 1 is 1.05 bits per heavy atom. The molecule has 232 valence electrons. The predicted octanol–water partition coefficient (Wildman–Crippen LogP) is 4.62. The zero-order valence-electron chi connectivity index (χ0n) is 25.3. The van der Waals surface area contributed by atoms with Gasteiger partial charge in [0.1, 0.15) is 12.2 Å². The first-order valence-corrected chi connectivity index (χ1v) is 15.5. The summed E-state index contributed by atoms with van der Waals surface area (Å²) in [5, 5.41) is 11.2. The van der Waals surface area contributed by atoms with Crippen molar-refractivity contribution in [2.75, 3.05) is 64.4 Å². The molecule has 0 spiro atoms. The summed E-state index contributed by atoms with van der Waals surface area (Å²) in [6, 6.07) is 5.93. The zero-order valence-corrected chi connectivity index (χ0v) is 26.1. The number of carbonyl (C=O) groups is 2. The molecule has 3 aliphatic heterocycles. The number of piperazine rings is 1. The third-order valence-corrected chi connectivity index (χ3v) is 8.60. The molecule has 3 heterocycles. The van der Waals surface area contributed by atoms with Gasteiger partial charge in [0.05, 0.1) is 25.7 Å². The van der Waals surface area contributed by atoms with Crippen LogP contribution in [0.25, 0.3) is 6.08 Å². The van der Waals surface area contributed by atoms with E-state index in [0.29, 0.717) is 44.2 Å². The number of cyclic esters (lactones) is 1. The van der Waals surface area contributed by atoms with Gasteiger partial charge in [-0.1, -0.05) is 37.6 Å². The van der Waals surface area contributed by atoms with Gasteiger partial charge in [-0.25, -0.2) is 4.79 Å². The van der Waals surface area contributed by atoms with Crippen LogP contribution in [0.2, 0.25) is 5.02 Å². The van der Waals surface area contributed by atoms with E-state index in [1.807, 2.05) is 58.2 Å². The molecule has 2 fully saturated rings. The number of benzene rings is 1. The SMILES string of the molecule is C/C(=C\c1cc(Cl)cc(N2CCOCC2)c1)[C@H]1OC(=O)C[C@H](O)CC[C@H](C)[C@@H](OC(=O)N2CCN(C)CC2)/C=C\[C@@H]1C. The topological polar surface area (TPSA) is 91.8 Å². The number of halogens is 1. The van der Waals surface area contributed by atoms with E-state index in [1.54, 1.807) is 4.90 Å². The monoisotopic (exact) mass is 603 g/mol. The number of morpholine rings is 1. The van der Waals surface area contributed by atoms with E-state index in [9.17, 15) is 14.7 Å². The summed E-state index contributed by atoms with van der Waals surface area (Å²) in [5.74, 6) is -0.682. The van der Waals surface area contributed by atoms with E-state index >= 15 is 0 Å². The number of anilines is 1. The minimum Gasteiger partial charge on any atom is -0.457 e. The van der Waals surface area contributed by atoms with E-state index in [2.05, 4.69) is 15.9 Å². The van der Waals surface area contributed by atoms with Crippen molar-refractivity contribution in [1.82, 2.24) is 9.80 Å². The van der Waals surface area contributed by atoms with Crippen LogP contribution in [0, 0.1) is 11.8 Å². The fraction of sp³-hybridized carbons (Fsp3) is 0.625. The fourth-order valence-corrected chi connectivity index (χ4v) is 5.90. The highest BCUT2D eigenvalue weighted by atomic mass is 35.5. The van der Waals surface area contributed by atoms with Crippen LogP contribution in [0.1, 0.15) is 45.6 Å². The molecule has 0 radical (unpaired) electrons. The molecule has 0 saturated carbocycles. The van der Waals surface area contributed by atoms with Crippen molar-refractivity contribution in [1.29, 1.82) is 0 Å². The summed E-state index contributed by atoms with van der Waals surface area (Å²) < 4.78 is 17.5. The van der Waals surface area contributed by atoms with Gasteiger partial charge in [0.2, 0.25) is 0 Å². The summed E-state index contributed by atoms with van der Waals surface area (Å²) in [7, 11) is 2.04. The molecule has 9 nitrogen and oxygen atoms in total. The summed E-state index contributed by atoms with van der Waals surface area (Å²) in [6.07, 6.45) is 4.63. The number of amides is 1. The Balaban J connectivity index is 1.56. The second-order valence-corrected chi connectivity index (χ2v) is 12.4. The Morgan fingerprint density at radius 2 is 1.76 bits per heavy atom. The third-order valence-electron chi connectivity index (χ3n) is 8.38. The van der Waals surface area contributed by atoms with Crippen molar-refractivity contribution in [3.05, 3.63) is 46.5 Å². The molecule has 1 N–H and O–H groups in total. The minimum atomic E-state index is -0.832. The van der Waals surface area contributed by atoms with Gasteiger partial charge < -0.3 is 34.0 Å². The number of esters is 1. The molecule has 0 aromatic heterocycles. The molecule has 0 bridgehead atoms. The lowest BCUT2D eigenvalue weighted by atomic mass is 9.91. The molecular weight excluding hydrogens is 558 g/mol. The standard InChI is InChI=1S/C32H46ClN3O6/c1-22-5-7-28(37)21-30(38)42-31(23(2)6-8-29(22)41-32(39)36-11-9-34(4)10-12-36)24(3)17-25-18-26(33)20-27(19-25)35-13-15-40-16-14-35/h6,8,17-20,22-23,28-29,31,37H,5,7,9-16,21H2,1-4H3/b8-6-,24-17+/t22-,23-,28+,29-,31-/m0/s1. The summed E-state index contributed by atoms with van der Waals surface area (Å²) in [5.41, 5.74) is 2.78. The number of aliphatic hydroxyl groups excluding tert-OH is 1. The van der Waals surface area contributed by atoms with Gasteiger partial charge in [-0.05, 0) is 68.1 Å². The van der Waals surface area contributed by atoms with E-state index in [-0.39, 0.29) is 24.3 Å². The average molecular weight is 604 g/mol. The molecule has 4 rings (SSSR count). The molecule has 1 amide bonds. The summed E-state index contributed by atoms with van der Waals surface area (Å²) in [4.78, 5) is 32.1. The van der Waals surface area contributed by atoms with Crippen molar-refractivity contribution >= 4 is 35.4 Å². The van der Waals surface area contributed by atoms with E-state index in [0.717, 1.165) is 43.0 Å². The van der Waals surface area contributed by atoms with Gasteiger partial charge in [-0.3, -0.25) is 4.79 Å². The highest BCUT2D eigenvalue weighted by Gasteiger charge is 2.29. The normalized spacial score (nSPS) is 29.7. The van der Waals surface area contributed by atoms with Crippen LogP contribution in [0.4, 0.5) is 10.5 Å². The summed E-state index contributed by atoms with van der Waals surface area (Å²) in [6.45, 7) is 11.8. The first-order valence-electron chi connectivity index (χ1n) is 15.1. The smallest absolute Gasteiger partial charge is 0.410 e. The van der Waals surface area contributed by atoms with Gasteiger partial charge in [-0.15, -0.1) is 0 Å². The number of rotatable bonds is 4. The molecule has 0 aliphatic carbocycles. The van der Waals surface area contributed by atoms with E-state index in [4.69, 9.17) is 25.8 Å². The van der Waals surface area contributed by atoms with Crippen LogP contribution in [-0.4, -0.2) is 105 Å². The number of nitrogens with zero attached hydrogens (tertiary/aromatic N) is 3. The van der Waals surface area contributed by atoms with Crippen LogP contribution in [0.15, 0.2) is 35.9 Å². The second kappa shape index (κ2) is 15.2. The molecule has 1 aromatic carbocycles. The second-order valence-electron chi connectivity index (χ2n) is 11.9. The third kappa shape index (κ3) is 9.20. The number of hydrogen-bond acceptors (Lipinski definition) is 8. The first-order chi connectivity index (χ1) is 20.1. The van der Waals surface area contributed by atoms with Crippen molar-refractivity contribution in [3.63, 3.8) is 0 Å². The van der Waals surface area contributed by atoms with Gasteiger partial charge in [0, 0.05) is 55.9 Å². The number of ether oxygens (including phenoxy) is 3. The first kappa shape index (κ1) is 32.3. The fourth-order valence-electron chi connectivity index (χ4n) is 5.66. The van der Waals surface area contributed by atoms with Crippen molar-refractivity contribution in [3.8, 4) is 0 Å². The largest absolute Gasteiger partial charge is 0.457 e. The van der Waals surface area contributed by atoms with Crippen molar-refractivity contribution in [2.24, 2.45) is 11.8 Å². The van der Waals surface area contributed by atoms with Gasteiger partial charge in [0.25, 0.3) is 0 Å². The molecule has 5 atom stereocenters.